The van der Waals surface area contributed by atoms with Gasteiger partial charge in [-0.1, -0.05) is 20.8 Å². The number of nitrogens with zero attached hydrogens (tertiary/aromatic N) is 2. The lowest BCUT2D eigenvalue weighted by Gasteiger charge is -2.33. The van der Waals surface area contributed by atoms with Crippen LogP contribution in [0.5, 0.6) is 0 Å². The lowest BCUT2D eigenvalue weighted by Crippen LogP contribution is -2.53. The zero-order valence-corrected chi connectivity index (χ0v) is 14.8. The lowest BCUT2D eigenvalue weighted by atomic mass is 10.0. The normalized spacial score (nSPS) is 13.5. The number of imidazole rings is 1. The summed E-state index contributed by atoms with van der Waals surface area (Å²) in [5.41, 5.74) is 0.949. The van der Waals surface area contributed by atoms with Crippen molar-refractivity contribution in [3.05, 3.63) is 17.7 Å². The molecule has 0 spiro atoms. The van der Waals surface area contributed by atoms with Crippen molar-refractivity contribution in [2.24, 2.45) is 5.92 Å². The summed E-state index contributed by atoms with van der Waals surface area (Å²) in [6.45, 7) is 10.1. The highest BCUT2D eigenvalue weighted by Crippen LogP contribution is 2.14. The number of carbonyl (C=O) groups excluding carboxylic acids is 2. The molecule has 7 heteroatoms. The van der Waals surface area contributed by atoms with Crippen LogP contribution in [0.1, 0.15) is 45.6 Å². The highest BCUT2D eigenvalue weighted by molar-refractivity contribution is 5.86. The molecule has 0 aliphatic rings. The largest absolute Gasteiger partial charge is 0.453 e. The molecule has 0 saturated carbocycles. The Kier molecular flexibility index (Phi) is 7.06. The Labute approximate surface area is 137 Å². The van der Waals surface area contributed by atoms with E-state index < -0.39 is 12.1 Å². The number of hydrogen-bond donors (Lipinski definition) is 2. The zero-order valence-electron chi connectivity index (χ0n) is 14.8. The molecule has 1 rings (SSSR count). The average Bonchev–Trinajstić information content (AvgIpc) is 2.93. The first-order valence-corrected chi connectivity index (χ1v) is 7.95. The molecule has 7 nitrogen and oxygen atoms in total. The minimum atomic E-state index is -0.632. The maximum Gasteiger partial charge on any atom is 0.407 e. The molecule has 0 aliphatic heterocycles. The molecule has 2 N–H and O–H groups in total. The molecule has 0 radical (unpaired) electrons. The molecule has 1 aromatic heterocycles. The van der Waals surface area contributed by atoms with Gasteiger partial charge in [-0.3, -0.25) is 4.79 Å². The second-order valence-electron chi connectivity index (χ2n) is 6.09. The van der Waals surface area contributed by atoms with Crippen LogP contribution in [0.25, 0.3) is 0 Å². The fourth-order valence-corrected chi connectivity index (χ4v) is 2.26. The van der Waals surface area contributed by atoms with Crippen molar-refractivity contribution in [2.75, 3.05) is 7.11 Å². The zero-order chi connectivity index (χ0) is 17.6. The minimum absolute atomic E-state index is 0.0357. The van der Waals surface area contributed by atoms with Crippen molar-refractivity contribution in [2.45, 2.75) is 59.7 Å². The van der Waals surface area contributed by atoms with E-state index in [0.29, 0.717) is 6.54 Å². The number of rotatable bonds is 7. The van der Waals surface area contributed by atoms with Gasteiger partial charge in [-0.2, -0.15) is 0 Å². The number of amides is 2. The molecule has 0 bridgehead atoms. The van der Waals surface area contributed by atoms with Gasteiger partial charge in [0.25, 0.3) is 0 Å². The minimum Gasteiger partial charge on any atom is -0.453 e. The van der Waals surface area contributed by atoms with E-state index in [1.54, 1.807) is 11.1 Å². The SMILES string of the molecule is CCC(C)N(Cc1ncc(C)[nH]1)C(=O)C(NC(=O)OC)C(C)C. The van der Waals surface area contributed by atoms with Gasteiger partial charge in [-0.15, -0.1) is 0 Å². The Hall–Kier alpha value is -2.05. The molecule has 1 heterocycles. The molecule has 0 fully saturated rings. The monoisotopic (exact) mass is 324 g/mol. The Morgan fingerprint density at radius 3 is 2.48 bits per heavy atom. The van der Waals surface area contributed by atoms with E-state index in [1.807, 2.05) is 34.6 Å². The van der Waals surface area contributed by atoms with Gasteiger partial charge < -0.3 is 19.9 Å². The summed E-state index contributed by atoms with van der Waals surface area (Å²) < 4.78 is 4.63. The number of aromatic amines is 1. The molecule has 2 atom stereocenters. The Morgan fingerprint density at radius 1 is 1.39 bits per heavy atom. The molecular weight excluding hydrogens is 296 g/mol. The first-order chi connectivity index (χ1) is 10.8. The van der Waals surface area contributed by atoms with Crippen LogP contribution in [0, 0.1) is 12.8 Å². The summed E-state index contributed by atoms with van der Waals surface area (Å²) in [7, 11) is 1.29. The number of alkyl carbamates (subject to hydrolysis) is 1. The number of methoxy groups -OCH3 is 1. The van der Waals surface area contributed by atoms with Crippen molar-refractivity contribution in [1.82, 2.24) is 20.2 Å². The van der Waals surface area contributed by atoms with Gasteiger partial charge in [0.2, 0.25) is 5.91 Å². The first-order valence-electron chi connectivity index (χ1n) is 7.95. The molecule has 1 aromatic rings. The van der Waals surface area contributed by atoms with Crippen LogP contribution in [0.3, 0.4) is 0 Å². The molecule has 23 heavy (non-hydrogen) atoms. The lowest BCUT2D eigenvalue weighted by molar-refractivity contribution is -0.137. The van der Waals surface area contributed by atoms with E-state index in [4.69, 9.17) is 0 Å². The predicted octanol–water partition coefficient (Wildman–Crippen LogP) is 2.23. The smallest absolute Gasteiger partial charge is 0.407 e. The average molecular weight is 324 g/mol. The van der Waals surface area contributed by atoms with Crippen LogP contribution in [-0.2, 0) is 16.1 Å². The number of hydrogen-bond acceptors (Lipinski definition) is 4. The van der Waals surface area contributed by atoms with E-state index in [1.165, 1.54) is 7.11 Å². The van der Waals surface area contributed by atoms with Gasteiger partial charge in [0, 0.05) is 17.9 Å². The van der Waals surface area contributed by atoms with Crippen molar-refractivity contribution in [1.29, 1.82) is 0 Å². The van der Waals surface area contributed by atoms with Gasteiger partial charge in [-0.05, 0) is 26.2 Å². The van der Waals surface area contributed by atoms with Crippen LogP contribution >= 0.6 is 0 Å². The van der Waals surface area contributed by atoms with Crippen LogP contribution in [-0.4, -0.2) is 46.1 Å². The van der Waals surface area contributed by atoms with Crippen LogP contribution in [0.4, 0.5) is 4.79 Å². The third-order valence-electron chi connectivity index (χ3n) is 3.87. The summed E-state index contributed by atoms with van der Waals surface area (Å²) in [5.74, 6) is 0.553. The Bertz CT molecular complexity index is 527. The maximum absolute atomic E-state index is 13.0. The van der Waals surface area contributed by atoms with E-state index in [9.17, 15) is 9.59 Å². The molecule has 130 valence electrons. The fourth-order valence-electron chi connectivity index (χ4n) is 2.26. The number of aromatic nitrogens is 2. The summed E-state index contributed by atoms with van der Waals surface area (Å²) in [4.78, 5) is 33.7. The first kappa shape index (κ1) is 19.0. The highest BCUT2D eigenvalue weighted by Gasteiger charge is 2.31. The topological polar surface area (TPSA) is 87.3 Å². The van der Waals surface area contributed by atoms with Crippen molar-refractivity contribution >= 4 is 12.0 Å². The Balaban J connectivity index is 2.98. The molecular formula is C16H28N4O3. The van der Waals surface area contributed by atoms with Gasteiger partial charge >= 0.3 is 6.09 Å². The second kappa shape index (κ2) is 8.55. The third kappa shape index (κ3) is 5.26. The molecule has 2 unspecified atom stereocenters. The summed E-state index contributed by atoms with van der Waals surface area (Å²) >= 11 is 0. The van der Waals surface area contributed by atoms with E-state index in [0.717, 1.165) is 17.9 Å². The predicted molar refractivity (Wildman–Crippen MR) is 87.8 cm³/mol. The Morgan fingerprint density at radius 2 is 2.04 bits per heavy atom. The van der Waals surface area contributed by atoms with Gasteiger partial charge in [0.05, 0.1) is 13.7 Å². The van der Waals surface area contributed by atoms with Gasteiger partial charge in [0.15, 0.2) is 0 Å². The quantitative estimate of drug-likeness (QED) is 0.805. The standard InChI is InChI=1S/C16H28N4O3/c1-7-12(5)20(9-13-17-8-11(4)18-13)15(21)14(10(2)3)19-16(22)23-6/h8,10,12,14H,7,9H2,1-6H3,(H,17,18)(H,19,22). The number of ether oxygens (including phenoxy) is 1. The van der Waals surface area contributed by atoms with Crippen molar-refractivity contribution < 1.29 is 14.3 Å². The number of H-pyrrole nitrogens is 1. The number of nitrogens with one attached hydrogen (secondary N) is 2. The summed E-state index contributed by atoms with van der Waals surface area (Å²) in [6, 6.07) is -0.596. The van der Waals surface area contributed by atoms with Crippen LogP contribution < -0.4 is 5.32 Å². The maximum atomic E-state index is 13.0. The number of aryl methyl sites for hydroxylation is 1. The van der Waals surface area contributed by atoms with Gasteiger partial charge in [-0.25, -0.2) is 9.78 Å². The molecule has 0 saturated heterocycles. The second-order valence-corrected chi connectivity index (χ2v) is 6.09. The molecule has 0 aliphatic carbocycles. The highest BCUT2D eigenvalue weighted by atomic mass is 16.5. The van der Waals surface area contributed by atoms with Crippen LogP contribution in [0.2, 0.25) is 0 Å². The van der Waals surface area contributed by atoms with Crippen molar-refractivity contribution in [3.8, 4) is 0 Å². The van der Waals surface area contributed by atoms with Gasteiger partial charge in [0.1, 0.15) is 11.9 Å². The van der Waals surface area contributed by atoms with E-state index in [-0.39, 0.29) is 17.9 Å². The number of carbonyl (C=O) groups is 2. The third-order valence-corrected chi connectivity index (χ3v) is 3.87. The molecule has 2 amide bonds. The summed E-state index contributed by atoms with van der Waals surface area (Å²) in [5, 5.41) is 2.63. The summed E-state index contributed by atoms with van der Waals surface area (Å²) in [6.07, 6.45) is 1.95. The van der Waals surface area contributed by atoms with Crippen molar-refractivity contribution in [3.63, 3.8) is 0 Å². The fraction of sp³-hybridized carbons (Fsp3) is 0.688. The molecule has 0 aromatic carbocycles. The van der Waals surface area contributed by atoms with E-state index in [2.05, 4.69) is 20.0 Å². The van der Waals surface area contributed by atoms with E-state index >= 15 is 0 Å². The van der Waals surface area contributed by atoms with Crippen LogP contribution in [0.15, 0.2) is 6.20 Å².